The number of hydrogen-bond donors (Lipinski definition) is 2. The van der Waals surface area contributed by atoms with Gasteiger partial charge in [0, 0.05) is 6.61 Å². The SMILES string of the molecule is CCOC(C)C(=O)NC1(C)CCCCC1C(=O)O. The zero-order chi connectivity index (χ0) is 13.8. The van der Waals surface area contributed by atoms with Gasteiger partial charge in [-0.15, -0.1) is 0 Å². The number of carbonyl (C=O) groups is 2. The molecule has 0 saturated heterocycles. The molecule has 1 amide bonds. The van der Waals surface area contributed by atoms with Crippen LogP contribution in [0.5, 0.6) is 0 Å². The average molecular weight is 257 g/mol. The first-order chi connectivity index (χ1) is 8.40. The first-order valence-electron chi connectivity index (χ1n) is 6.57. The summed E-state index contributed by atoms with van der Waals surface area (Å²) in [5.41, 5.74) is -0.660. The second-order valence-corrected chi connectivity index (χ2v) is 5.14. The fourth-order valence-corrected chi connectivity index (χ4v) is 2.59. The number of amides is 1. The minimum atomic E-state index is -0.832. The molecule has 0 spiro atoms. The largest absolute Gasteiger partial charge is 0.481 e. The van der Waals surface area contributed by atoms with Crippen molar-refractivity contribution in [1.82, 2.24) is 5.32 Å². The Balaban J connectivity index is 2.71. The van der Waals surface area contributed by atoms with Crippen molar-refractivity contribution in [1.29, 1.82) is 0 Å². The molecule has 1 rings (SSSR count). The third kappa shape index (κ3) is 3.45. The summed E-state index contributed by atoms with van der Waals surface area (Å²) in [6, 6.07) is 0. The summed E-state index contributed by atoms with van der Waals surface area (Å²) in [5, 5.41) is 12.1. The van der Waals surface area contributed by atoms with Gasteiger partial charge in [0.15, 0.2) is 0 Å². The number of carboxylic acid groups (broad SMARTS) is 1. The van der Waals surface area contributed by atoms with Crippen LogP contribution in [0.4, 0.5) is 0 Å². The highest BCUT2D eigenvalue weighted by Gasteiger charge is 2.42. The van der Waals surface area contributed by atoms with Crippen molar-refractivity contribution in [3.05, 3.63) is 0 Å². The monoisotopic (exact) mass is 257 g/mol. The first kappa shape index (κ1) is 15.0. The van der Waals surface area contributed by atoms with E-state index in [0.29, 0.717) is 19.4 Å². The lowest BCUT2D eigenvalue weighted by molar-refractivity contribution is -0.147. The second-order valence-electron chi connectivity index (χ2n) is 5.14. The van der Waals surface area contributed by atoms with Gasteiger partial charge in [0.25, 0.3) is 0 Å². The van der Waals surface area contributed by atoms with Crippen LogP contribution in [0.3, 0.4) is 0 Å². The molecule has 2 N–H and O–H groups in total. The van der Waals surface area contributed by atoms with Gasteiger partial charge in [-0.2, -0.15) is 0 Å². The highest BCUT2D eigenvalue weighted by molar-refractivity contribution is 5.82. The van der Waals surface area contributed by atoms with Crippen LogP contribution >= 0.6 is 0 Å². The fraction of sp³-hybridized carbons (Fsp3) is 0.846. The van der Waals surface area contributed by atoms with Crippen molar-refractivity contribution in [2.75, 3.05) is 6.61 Å². The molecule has 0 aromatic heterocycles. The molecule has 5 heteroatoms. The summed E-state index contributed by atoms with van der Waals surface area (Å²) < 4.78 is 5.23. The maximum atomic E-state index is 11.9. The first-order valence-corrected chi connectivity index (χ1v) is 6.57. The van der Waals surface area contributed by atoms with Gasteiger partial charge in [-0.3, -0.25) is 9.59 Å². The van der Waals surface area contributed by atoms with E-state index in [1.165, 1.54) is 0 Å². The van der Waals surface area contributed by atoms with Crippen LogP contribution in [0.15, 0.2) is 0 Å². The Morgan fingerprint density at radius 1 is 1.50 bits per heavy atom. The number of nitrogens with one attached hydrogen (secondary N) is 1. The van der Waals surface area contributed by atoms with Gasteiger partial charge < -0.3 is 15.2 Å². The molecule has 1 aliphatic carbocycles. The molecule has 0 bridgehead atoms. The maximum Gasteiger partial charge on any atom is 0.308 e. The average Bonchev–Trinajstić information content (AvgIpc) is 2.28. The third-order valence-corrected chi connectivity index (χ3v) is 3.70. The van der Waals surface area contributed by atoms with Crippen molar-refractivity contribution in [3.8, 4) is 0 Å². The molecule has 0 aliphatic heterocycles. The topological polar surface area (TPSA) is 75.6 Å². The molecule has 3 atom stereocenters. The number of hydrogen-bond acceptors (Lipinski definition) is 3. The molecule has 1 aliphatic rings. The lowest BCUT2D eigenvalue weighted by Crippen LogP contribution is -2.57. The van der Waals surface area contributed by atoms with Crippen molar-refractivity contribution < 1.29 is 19.4 Å². The number of aliphatic carboxylic acids is 1. The fourth-order valence-electron chi connectivity index (χ4n) is 2.59. The van der Waals surface area contributed by atoms with Gasteiger partial charge in [0.2, 0.25) is 5.91 Å². The Kier molecular flexibility index (Phi) is 5.14. The van der Waals surface area contributed by atoms with Crippen LogP contribution in [0, 0.1) is 5.92 Å². The zero-order valence-electron chi connectivity index (χ0n) is 11.4. The minimum Gasteiger partial charge on any atom is -0.481 e. The van der Waals surface area contributed by atoms with E-state index >= 15 is 0 Å². The molecular weight excluding hydrogens is 234 g/mol. The van der Waals surface area contributed by atoms with E-state index in [9.17, 15) is 14.7 Å². The van der Waals surface area contributed by atoms with Crippen molar-refractivity contribution in [2.45, 2.75) is 58.1 Å². The second kappa shape index (κ2) is 6.18. The van der Waals surface area contributed by atoms with Crippen LogP contribution in [-0.2, 0) is 14.3 Å². The lowest BCUT2D eigenvalue weighted by atomic mass is 9.74. The molecule has 1 saturated carbocycles. The van der Waals surface area contributed by atoms with Gasteiger partial charge >= 0.3 is 5.97 Å². The Morgan fingerprint density at radius 3 is 2.72 bits per heavy atom. The molecule has 1 fully saturated rings. The number of ether oxygens (including phenoxy) is 1. The minimum absolute atomic E-state index is 0.229. The number of carbonyl (C=O) groups excluding carboxylic acids is 1. The van der Waals surface area contributed by atoms with Gasteiger partial charge in [0.05, 0.1) is 11.5 Å². The van der Waals surface area contributed by atoms with E-state index in [0.717, 1.165) is 12.8 Å². The van der Waals surface area contributed by atoms with E-state index < -0.39 is 23.5 Å². The molecule has 104 valence electrons. The van der Waals surface area contributed by atoms with Crippen LogP contribution in [0.2, 0.25) is 0 Å². The Labute approximate surface area is 108 Å². The van der Waals surface area contributed by atoms with Crippen molar-refractivity contribution in [2.24, 2.45) is 5.92 Å². The van der Waals surface area contributed by atoms with Gasteiger partial charge in [-0.05, 0) is 33.6 Å². The third-order valence-electron chi connectivity index (χ3n) is 3.70. The Hall–Kier alpha value is -1.10. The maximum absolute atomic E-state index is 11.9. The standard InChI is InChI=1S/C13H23NO4/c1-4-18-9(2)11(15)14-13(3)8-6-5-7-10(13)12(16)17/h9-10H,4-8H2,1-3H3,(H,14,15)(H,16,17). The van der Waals surface area contributed by atoms with Crippen molar-refractivity contribution >= 4 is 11.9 Å². The molecule has 0 aromatic carbocycles. The Bertz CT molecular complexity index is 318. The predicted molar refractivity (Wildman–Crippen MR) is 67.2 cm³/mol. The smallest absolute Gasteiger partial charge is 0.308 e. The van der Waals surface area contributed by atoms with Crippen LogP contribution in [0.25, 0.3) is 0 Å². The zero-order valence-corrected chi connectivity index (χ0v) is 11.4. The highest BCUT2D eigenvalue weighted by atomic mass is 16.5. The van der Waals surface area contributed by atoms with Crippen LogP contribution < -0.4 is 5.32 Å². The molecule has 0 heterocycles. The van der Waals surface area contributed by atoms with Crippen molar-refractivity contribution in [3.63, 3.8) is 0 Å². The normalized spacial score (nSPS) is 29.6. The highest BCUT2D eigenvalue weighted by Crippen LogP contribution is 2.33. The van der Waals surface area contributed by atoms with Gasteiger partial charge in [-0.25, -0.2) is 0 Å². The molecule has 3 unspecified atom stereocenters. The van der Waals surface area contributed by atoms with E-state index in [2.05, 4.69) is 5.32 Å². The predicted octanol–water partition coefficient (Wildman–Crippen LogP) is 1.56. The van der Waals surface area contributed by atoms with Gasteiger partial charge in [0.1, 0.15) is 6.10 Å². The van der Waals surface area contributed by atoms with E-state index in [1.54, 1.807) is 6.92 Å². The van der Waals surface area contributed by atoms with Crippen LogP contribution in [0.1, 0.15) is 46.5 Å². The van der Waals surface area contributed by atoms with E-state index in [-0.39, 0.29) is 5.91 Å². The van der Waals surface area contributed by atoms with Gasteiger partial charge in [-0.1, -0.05) is 12.8 Å². The lowest BCUT2D eigenvalue weighted by Gasteiger charge is -2.40. The molecule has 18 heavy (non-hydrogen) atoms. The summed E-state index contributed by atoms with van der Waals surface area (Å²) in [4.78, 5) is 23.2. The van der Waals surface area contributed by atoms with E-state index in [4.69, 9.17) is 4.74 Å². The molecule has 5 nitrogen and oxygen atoms in total. The quantitative estimate of drug-likeness (QED) is 0.783. The molecular formula is C13H23NO4. The Morgan fingerprint density at radius 2 is 2.17 bits per heavy atom. The summed E-state index contributed by atoms with van der Waals surface area (Å²) in [5.74, 6) is -1.57. The molecule has 0 aromatic rings. The summed E-state index contributed by atoms with van der Waals surface area (Å²) in [6.45, 7) is 5.79. The van der Waals surface area contributed by atoms with Crippen LogP contribution in [-0.4, -0.2) is 35.2 Å². The number of carboxylic acids is 1. The summed E-state index contributed by atoms with van der Waals surface area (Å²) in [7, 11) is 0. The number of rotatable bonds is 5. The van der Waals surface area contributed by atoms with E-state index in [1.807, 2.05) is 13.8 Å². The summed E-state index contributed by atoms with van der Waals surface area (Å²) >= 11 is 0. The molecule has 0 radical (unpaired) electrons. The summed E-state index contributed by atoms with van der Waals surface area (Å²) in [6.07, 6.45) is 2.64.